The van der Waals surface area contributed by atoms with E-state index in [0.717, 1.165) is 69.4 Å². The first-order chi connectivity index (χ1) is 13.7. The third-order valence-electron chi connectivity index (χ3n) is 6.13. The molecule has 0 spiro atoms. The van der Waals surface area contributed by atoms with Gasteiger partial charge < -0.3 is 14.2 Å². The van der Waals surface area contributed by atoms with Crippen molar-refractivity contribution in [1.29, 1.82) is 0 Å². The number of amides is 1. The van der Waals surface area contributed by atoms with Crippen LogP contribution >= 0.6 is 11.6 Å². The van der Waals surface area contributed by atoms with E-state index in [2.05, 4.69) is 27.9 Å². The van der Waals surface area contributed by atoms with Gasteiger partial charge in [-0.2, -0.15) is 0 Å². The average molecular weight is 402 g/mol. The molecule has 2 aromatic rings. The van der Waals surface area contributed by atoms with E-state index in [4.69, 9.17) is 16.3 Å². The first kappa shape index (κ1) is 19.5. The second kappa shape index (κ2) is 8.68. The van der Waals surface area contributed by atoms with Crippen molar-refractivity contribution in [3.8, 4) is 0 Å². The fraction of sp³-hybridized carbons (Fsp3) is 0.500. The van der Waals surface area contributed by atoms with Crippen LogP contribution in [0.5, 0.6) is 0 Å². The number of piperazine rings is 1. The molecule has 0 radical (unpaired) electrons. The minimum Gasteiger partial charge on any atom is -0.381 e. The molecule has 2 saturated heterocycles. The minimum absolute atomic E-state index is 0.145. The summed E-state index contributed by atoms with van der Waals surface area (Å²) in [5.41, 5.74) is 1.01. The fourth-order valence-corrected chi connectivity index (χ4v) is 4.54. The predicted molar refractivity (Wildman–Crippen MR) is 110 cm³/mol. The van der Waals surface area contributed by atoms with Gasteiger partial charge in [0, 0.05) is 63.4 Å². The second-order valence-electron chi connectivity index (χ2n) is 7.85. The molecule has 0 saturated carbocycles. The molecule has 4 rings (SSSR count). The van der Waals surface area contributed by atoms with Gasteiger partial charge in [0.25, 0.3) is 0 Å². The van der Waals surface area contributed by atoms with Crippen LogP contribution in [0.4, 0.5) is 0 Å². The summed E-state index contributed by atoms with van der Waals surface area (Å²) >= 11 is 6.29. The number of hydrogen-bond donors (Lipinski definition) is 0. The van der Waals surface area contributed by atoms with Gasteiger partial charge in [0.2, 0.25) is 5.91 Å². The molecule has 0 bridgehead atoms. The first-order valence-electron chi connectivity index (χ1n) is 10.1. The van der Waals surface area contributed by atoms with Crippen molar-refractivity contribution in [1.82, 2.24) is 14.4 Å². The monoisotopic (exact) mass is 401 g/mol. The highest BCUT2D eigenvalue weighted by molar-refractivity contribution is 6.31. The van der Waals surface area contributed by atoms with Crippen molar-refractivity contribution >= 4 is 17.5 Å². The van der Waals surface area contributed by atoms with Crippen LogP contribution in [-0.2, 0) is 21.6 Å². The number of ether oxygens (including phenoxy) is 1. The van der Waals surface area contributed by atoms with Gasteiger partial charge in [0.1, 0.15) is 0 Å². The maximum Gasteiger partial charge on any atom is 0.225 e. The Morgan fingerprint density at radius 1 is 1.00 bits per heavy atom. The molecule has 1 aromatic carbocycles. The van der Waals surface area contributed by atoms with E-state index in [-0.39, 0.29) is 11.4 Å². The van der Waals surface area contributed by atoms with Gasteiger partial charge in [-0.3, -0.25) is 9.69 Å². The Labute approximate surface area is 171 Å². The van der Waals surface area contributed by atoms with Crippen LogP contribution in [0.15, 0.2) is 48.8 Å². The van der Waals surface area contributed by atoms with Crippen LogP contribution in [0, 0.1) is 0 Å². The topological polar surface area (TPSA) is 37.7 Å². The second-order valence-corrected chi connectivity index (χ2v) is 8.26. The van der Waals surface area contributed by atoms with Gasteiger partial charge >= 0.3 is 0 Å². The lowest BCUT2D eigenvalue weighted by atomic mass is 9.85. The molecule has 5 nitrogen and oxygen atoms in total. The highest BCUT2D eigenvalue weighted by Crippen LogP contribution is 2.33. The van der Waals surface area contributed by atoms with Crippen LogP contribution in [0.25, 0.3) is 0 Å². The summed E-state index contributed by atoms with van der Waals surface area (Å²) in [6.45, 7) is 5.61. The number of halogens is 1. The Hall–Kier alpha value is -1.82. The number of aromatic nitrogens is 1. The first-order valence-corrected chi connectivity index (χ1v) is 10.5. The van der Waals surface area contributed by atoms with Crippen LogP contribution in [-0.4, -0.2) is 59.7 Å². The number of carbonyl (C=O) groups excluding carboxylic acids is 1. The van der Waals surface area contributed by atoms with Gasteiger partial charge in [-0.1, -0.05) is 29.8 Å². The summed E-state index contributed by atoms with van der Waals surface area (Å²) in [6.07, 6.45) is 6.50. The van der Waals surface area contributed by atoms with E-state index in [1.807, 2.05) is 35.2 Å². The maximum absolute atomic E-state index is 13.1. The fourth-order valence-electron chi connectivity index (χ4n) is 4.34. The van der Waals surface area contributed by atoms with Crippen LogP contribution in [0.3, 0.4) is 0 Å². The molecule has 0 N–H and O–H groups in total. The van der Waals surface area contributed by atoms with Crippen molar-refractivity contribution in [2.75, 3.05) is 39.4 Å². The normalized spacial score (nSPS) is 20.2. The molecule has 1 aromatic heterocycles. The van der Waals surface area contributed by atoms with Crippen LogP contribution < -0.4 is 0 Å². The standard InChI is InChI=1S/C22H28ClN3O2/c23-20-6-2-1-5-19(20)18-24-11-13-25(14-12-24)21(27)17-22(7-15-28-16-8-22)26-9-3-4-10-26/h1-6,9-10H,7-8,11-18H2. The van der Waals surface area contributed by atoms with Crippen molar-refractivity contribution < 1.29 is 9.53 Å². The molecule has 6 heteroatoms. The maximum atomic E-state index is 13.1. The molecule has 0 unspecified atom stereocenters. The highest BCUT2D eigenvalue weighted by atomic mass is 35.5. The summed E-state index contributed by atoms with van der Waals surface area (Å²) in [4.78, 5) is 17.5. The zero-order valence-electron chi connectivity index (χ0n) is 16.2. The van der Waals surface area contributed by atoms with Crippen LogP contribution in [0.1, 0.15) is 24.8 Å². The van der Waals surface area contributed by atoms with E-state index >= 15 is 0 Å². The minimum atomic E-state index is -0.145. The molecule has 3 heterocycles. The number of hydrogen-bond acceptors (Lipinski definition) is 3. The van der Waals surface area contributed by atoms with Crippen molar-refractivity contribution in [3.05, 3.63) is 59.4 Å². The molecule has 2 aliphatic heterocycles. The van der Waals surface area contributed by atoms with Crippen LogP contribution in [0.2, 0.25) is 5.02 Å². The SMILES string of the molecule is O=C(CC1(n2cccc2)CCOCC1)N1CCN(Cc2ccccc2Cl)CC1. The Morgan fingerprint density at radius 3 is 2.36 bits per heavy atom. The number of rotatable bonds is 5. The van der Waals surface area contributed by atoms with Crippen molar-refractivity contribution in [2.24, 2.45) is 0 Å². The lowest BCUT2D eigenvalue weighted by Crippen LogP contribution is -2.51. The Morgan fingerprint density at radius 2 is 1.68 bits per heavy atom. The molecule has 1 amide bonds. The van der Waals surface area contributed by atoms with E-state index in [1.165, 1.54) is 0 Å². The lowest BCUT2D eigenvalue weighted by Gasteiger charge is -2.41. The average Bonchev–Trinajstić information content (AvgIpc) is 3.27. The Bertz CT molecular complexity index is 779. The molecule has 2 aliphatic rings. The zero-order valence-corrected chi connectivity index (χ0v) is 17.0. The van der Waals surface area contributed by atoms with Gasteiger partial charge in [0.15, 0.2) is 0 Å². The molecule has 150 valence electrons. The number of benzene rings is 1. The molecular weight excluding hydrogens is 374 g/mol. The Balaban J connectivity index is 1.35. The largest absolute Gasteiger partial charge is 0.381 e. The molecule has 0 aliphatic carbocycles. The molecule has 28 heavy (non-hydrogen) atoms. The van der Waals surface area contributed by atoms with Gasteiger partial charge in [-0.25, -0.2) is 0 Å². The van der Waals surface area contributed by atoms with Crippen molar-refractivity contribution in [2.45, 2.75) is 31.3 Å². The third kappa shape index (κ3) is 4.27. The number of nitrogens with zero attached hydrogens (tertiary/aromatic N) is 3. The smallest absolute Gasteiger partial charge is 0.225 e. The predicted octanol–water partition coefficient (Wildman–Crippen LogP) is 3.38. The summed E-state index contributed by atoms with van der Waals surface area (Å²) in [6, 6.07) is 12.1. The third-order valence-corrected chi connectivity index (χ3v) is 6.50. The summed E-state index contributed by atoms with van der Waals surface area (Å²) in [7, 11) is 0. The lowest BCUT2D eigenvalue weighted by molar-refractivity contribution is -0.136. The zero-order chi connectivity index (χ0) is 19.4. The van der Waals surface area contributed by atoms with E-state index < -0.39 is 0 Å². The molecular formula is C22H28ClN3O2. The van der Waals surface area contributed by atoms with Crippen molar-refractivity contribution in [3.63, 3.8) is 0 Å². The molecule has 2 fully saturated rings. The number of carbonyl (C=O) groups is 1. The van der Waals surface area contributed by atoms with E-state index in [1.54, 1.807) is 0 Å². The highest BCUT2D eigenvalue weighted by Gasteiger charge is 2.37. The Kier molecular flexibility index (Phi) is 6.04. The van der Waals surface area contributed by atoms with E-state index in [9.17, 15) is 4.79 Å². The molecule has 0 atom stereocenters. The van der Waals surface area contributed by atoms with Gasteiger partial charge in [-0.15, -0.1) is 0 Å². The summed E-state index contributed by atoms with van der Waals surface area (Å²) in [5, 5.41) is 0.814. The quantitative estimate of drug-likeness (QED) is 0.770. The van der Waals surface area contributed by atoms with Gasteiger partial charge in [-0.05, 0) is 36.6 Å². The van der Waals surface area contributed by atoms with E-state index in [0.29, 0.717) is 6.42 Å². The summed E-state index contributed by atoms with van der Waals surface area (Å²) < 4.78 is 7.80. The van der Waals surface area contributed by atoms with Gasteiger partial charge in [0.05, 0.1) is 12.0 Å². The summed E-state index contributed by atoms with van der Waals surface area (Å²) in [5.74, 6) is 0.257.